The molecule has 0 spiro atoms. The predicted octanol–water partition coefficient (Wildman–Crippen LogP) is 2.74. The smallest absolute Gasteiger partial charge is 0.355 e. The minimum absolute atomic E-state index is 0.125. The van der Waals surface area contributed by atoms with Crippen LogP contribution in [0.1, 0.15) is 25.5 Å². The van der Waals surface area contributed by atoms with Crippen molar-refractivity contribution in [1.29, 1.82) is 5.26 Å². The number of nitriles is 1. The first-order valence-electron chi connectivity index (χ1n) is 9.35. The fraction of sp³-hybridized carbons (Fsp3) is 0.316. The van der Waals surface area contributed by atoms with E-state index < -0.39 is 28.8 Å². The maximum absolute atomic E-state index is 13.7. The number of fused-ring (bicyclic) bond motifs is 3. The number of rotatable bonds is 2. The minimum Gasteiger partial charge on any atom is -0.355 e. The van der Waals surface area contributed by atoms with Crippen molar-refractivity contribution < 1.29 is 17.9 Å². The summed E-state index contributed by atoms with van der Waals surface area (Å²) in [7, 11) is 0. The Morgan fingerprint density at radius 1 is 1.26 bits per heavy atom. The van der Waals surface area contributed by atoms with Gasteiger partial charge in [-0.25, -0.2) is 4.98 Å². The van der Waals surface area contributed by atoms with Crippen molar-refractivity contribution in [3.8, 4) is 17.6 Å². The quantitative estimate of drug-likeness (QED) is 0.486. The molecule has 1 unspecified atom stereocenters. The maximum atomic E-state index is 13.7. The van der Waals surface area contributed by atoms with Crippen molar-refractivity contribution in [1.82, 2.24) is 28.9 Å². The van der Waals surface area contributed by atoms with Gasteiger partial charge in [-0.3, -0.25) is 13.8 Å². The number of hydrogen-bond donors (Lipinski definition) is 0. The summed E-state index contributed by atoms with van der Waals surface area (Å²) in [5.74, 6) is 0. The Bertz CT molecular complexity index is 1440. The van der Waals surface area contributed by atoms with Crippen LogP contribution in [0.3, 0.4) is 0 Å². The molecule has 1 aromatic carbocycles. The molecule has 1 saturated heterocycles. The van der Waals surface area contributed by atoms with Gasteiger partial charge in [-0.15, -0.1) is 9.78 Å². The molecule has 1 fully saturated rings. The number of halogens is 3. The Morgan fingerprint density at radius 2 is 2.00 bits per heavy atom. The fourth-order valence-electron chi connectivity index (χ4n) is 4.15. The van der Waals surface area contributed by atoms with Gasteiger partial charge in [0, 0.05) is 6.61 Å². The number of nitrogens with zero attached hydrogens (tertiary/aromatic N) is 7. The molecule has 3 aromatic heterocycles. The molecule has 4 aromatic rings. The number of alkyl halides is 3. The normalized spacial score (nSPS) is 19.3. The summed E-state index contributed by atoms with van der Waals surface area (Å²) in [5.41, 5.74) is -2.99. The first kappa shape index (κ1) is 19.3. The highest BCUT2D eigenvalue weighted by Crippen LogP contribution is 2.37. The van der Waals surface area contributed by atoms with Gasteiger partial charge in [0.1, 0.15) is 29.0 Å². The van der Waals surface area contributed by atoms with Crippen LogP contribution in [0, 0.1) is 11.5 Å². The molecule has 1 aliphatic heterocycles. The van der Waals surface area contributed by atoms with Crippen LogP contribution in [0.25, 0.3) is 27.9 Å². The largest absolute Gasteiger partial charge is 0.437 e. The van der Waals surface area contributed by atoms with Crippen molar-refractivity contribution in [2.45, 2.75) is 31.7 Å². The second-order valence-corrected chi connectivity index (χ2v) is 7.36. The van der Waals surface area contributed by atoms with Gasteiger partial charge in [0.25, 0.3) is 5.56 Å². The van der Waals surface area contributed by atoms with E-state index in [1.807, 2.05) is 0 Å². The lowest BCUT2D eigenvalue weighted by molar-refractivity contribution is -0.140. The molecule has 12 heteroatoms. The molecule has 31 heavy (non-hydrogen) atoms. The SMILES string of the molecule is CC1(n2c(=O)c3c(-c4c(C(F)(F)F)nnn4C#N)ncn3c3ccccc32)CCCO1. The van der Waals surface area contributed by atoms with Crippen molar-refractivity contribution in [3.05, 3.63) is 46.6 Å². The number of aromatic nitrogens is 6. The Hall–Kier alpha value is -3.72. The van der Waals surface area contributed by atoms with E-state index in [1.54, 1.807) is 31.2 Å². The number of imidazole rings is 1. The summed E-state index contributed by atoms with van der Waals surface area (Å²) in [6.07, 6.45) is -0.810. The fourth-order valence-corrected chi connectivity index (χ4v) is 4.15. The van der Waals surface area contributed by atoms with E-state index in [-0.39, 0.29) is 11.2 Å². The maximum Gasteiger partial charge on any atom is 0.437 e. The molecule has 0 N–H and O–H groups in total. The molecule has 0 radical (unpaired) electrons. The van der Waals surface area contributed by atoms with E-state index in [2.05, 4.69) is 15.3 Å². The molecule has 4 heterocycles. The molecule has 9 nitrogen and oxygen atoms in total. The van der Waals surface area contributed by atoms with Crippen LogP contribution in [0.4, 0.5) is 13.2 Å². The summed E-state index contributed by atoms with van der Waals surface area (Å²) >= 11 is 0. The summed E-state index contributed by atoms with van der Waals surface area (Å²) in [6.45, 7) is 2.22. The van der Waals surface area contributed by atoms with Crippen LogP contribution in [-0.4, -0.2) is 35.6 Å². The van der Waals surface area contributed by atoms with Gasteiger partial charge in [0.05, 0.1) is 11.0 Å². The number of benzene rings is 1. The summed E-state index contributed by atoms with van der Waals surface area (Å²) < 4.78 is 49.8. The van der Waals surface area contributed by atoms with E-state index in [0.717, 1.165) is 6.42 Å². The molecule has 1 aliphatic rings. The highest BCUT2D eigenvalue weighted by molar-refractivity contribution is 5.85. The number of para-hydroxylation sites is 2. The lowest BCUT2D eigenvalue weighted by Gasteiger charge is -2.28. The first-order chi connectivity index (χ1) is 14.8. The van der Waals surface area contributed by atoms with Gasteiger partial charge in [-0.2, -0.15) is 18.4 Å². The van der Waals surface area contributed by atoms with Crippen molar-refractivity contribution in [2.24, 2.45) is 0 Å². The average molecular weight is 429 g/mol. The van der Waals surface area contributed by atoms with E-state index in [4.69, 9.17) is 4.74 Å². The zero-order valence-corrected chi connectivity index (χ0v) is 16.1. The molecule has 0 bridgehead atoms. The molecular weight excluding hydrogens is 415 g/mol. The second-order valence-electron chi connectivity index (χ2n) is 7.36. The lowest BCUT2D eigenvalue weighted by Crippen LogP contribution is -2.39. The molecule has 5 rings (SSSR count). The Balaban J connectivity index is 1.94. The highest BCUT2D eigenvalue weighted by Gasteiger charge is 2.41. The summed E-state index contributed by atoms with van der Waals surface area (Å²) in [6, 6.07) is 6.98. The predicted molar refractivity (Wildman–Crippen MR) is 101 cm³/mol. The third-order valence-electron chi connectivity index (χ3n) is 5.48. The number of hydrogen-bond acceptors (Lipinski definition) is 6. The molecule has 1 atom stereocenters. The lowest BCUT2D eigenvalue weighted by atomic mass is 10.1. The Labute approximate surface area is 171 Å². The third kappa shape index (κ3) is 2.66. The van der Waals surface area contributed by atoms with Crippen LogP contribution in [0.5, 0.6) is 0 Å². The zero-order valence-electron chi connectivity index (χ0n) is 16.1. The second kappa shape index (κ2) is 6.39. The highest BCUT2D eigenvalue weighted by atomic mass is 19.4. The van der Waals surface area contributed by atoms with Gasteiger partial charge in [0.2, 0.25) is 6.19 Å². The molecule has 158 valence electrons. The molecular formula is C19H14F3N7O2. The van der Waals surface area contributed by atoms with E-state index >= 15 is 0 Å². The van der Waals surface area contributed by atoms with E-state index in [1.165, 1.54) is 21.5 Å². The van der Waals surface area contributed by atoms with Crippen LogP contribution in [0.2, 0.25) is 0 Å². The van der Waals surface area contributed by atoms with Crippen LogP contribution in [0.15, 0.2) is 35.4 Å². The van der Waals surface area contributed by atoms with Gasteiger partial charge in [-0.05, 0) is 31.9 Å². The molecule has 0 amide bonds. The summed E-state index contributed by atoms with van der Waals surface area (Å²) in [4.78, 5) is 17.8. The Morgan fingerprint density at radius 3 is 2.65 bits per heavy atom. The molecule has 0 saturated carbocycles. The van der Waals surface area contributed by atoms with Gasteiger partial charge < -0.3 is 4.74 Å². The van der Waals surface area contributed by atoms with Crippen molar-refractivity contribution >= 4 is 16.6 Å². The topological polar surface area (TPSA) is 103 Å². The van der Waals surface area contributed by atoms with Crippen molar-refractivity contribution in [3.63, 3.8) is 0 Å². The zero-order chi connectivity index (χ0) is 22.0. The van der Waals surface area contributed by atoms with Crippen molar-refractivity contribution in [2.75, 3.05) is 6.61 Å². The minimum atomic E-state index is -4.89. The third-order valence-corrected chi connectivity index (χ3v) is 5.48. The summed E-state index contributed by atoms with van der Waals surface area (Å²) in [5, 5.41) is 15.7. The standard InChI is InChI=1S/C19H14F3N7O2/c1-18(7-4-8-31-18)29-12-6-3-2-5-11(12)27-10-24-13(15(27)17(29)30)14-16(19(20,21)22)25-26-28(14)9-23/h2-3,5-6,10H,4,7-8H2,1H3. The Kier molecular flexibility index (Phi) is 3.97. The van der Waals surface area contributed by atoms with Crippen LogP contribution < -0.4 is 5.56 Å². The average Bonchev–Trinajstić information content (AvgIpc) is 3.45. The van der Waals surface area contributed by atoms with Crippen LogP contribution >= 0.6 is 0 Å². The monoisotopic (exact) mass is 429 g/mol. The van der Waals surface area contributed by atoms with E-state index in [0.29, 0.717) is 28.7 Å². The van der Waals surface area contributed by atoms with Gasteiger partial charge >= 0.3 is 6.18 Å². The first-order valence-corrected chi connectivity index (χ1v) is 9.35. The van der Waals surface area contributed by atoms with Gasteiger partial charge in [0.15, 0.2) is 5.69 Å². The van der Waals surface area contributed by atoms with Gasteiger partial charge in [-0.1, -0.05) is 17.3 Å². The number of ether oxygens (including phenoxy) is 1. The van der Waals surface area contributed by atoms with E-state index in [9.17, 15) is 23.2 Å². The molecule has 0 aliphatic carbocycles. The van der Waals surface area contributed by atoms with Crippen LogP contribution in [-0.2, 0) is 16.6 Å².